The normalized spacial score (nSPS) is 10.4. The third kappa shape index (κ3) is 5.17. The van der Waals surface area contributed by atoms with E-state index in [0.29, 0.717) is 5.75 Å². The Morgan fingerprint density at radius 1 is 0.933 bits per heavy atom. The molecule has 154 valence electrons. The Bertz CT molecular complexity index is 1130. The molecule has 0 aliphatic heterocycles. The molecule has 0 heterocycles. The maximum atomic E-state index is 12.2. The van der Waals surface area contributed by atoms with Crippen molar-refractivity contribution >= 4 is 60.4 Å². The molecule has 0 aliphatic rings. The minimum Gasteiger partial charge on any atom is -0.483 e. The highest BCUT2D eigenvalue weighted by Gasteiger charge is 2.13. The van der Waals surface area contributed by atoms with Crippen LogP contribution in [0.5, 0.6) is 5.75 Å². The van der Waals surface area contributed by atoms with Crippen LogP contribution < -0.4 is 15.6 Å². The number of carbonyl (C=O) groups excluding carboxylic acids is 3. The van der Waals surface area contributed by atoms with Crippen LogP contribution >= 0.6 is 31.9 Å². The molecule has 0 saturated heterocycles. The van der Waals surface area contributed by atoms with Crippen LogP contribution in [0.2, 0.25) is 0 Å². The van der Waals surface area contributed by atoms with Gasteiger partial charge in [0.2, 0.25) is 0 Å². The molecule has 2 N–H and O–H groups in total. The molecule has 30 heavy (non-hydrogen) atoms. The van der Waals surface area contributed by atoms with Crippen LogP contribution in [0.15, 0.2) is 63.5 Å². The van der Waals surface area contributed by atoms with Crippen molar-refractivity contribution in [2.45, 2.75) is 0 Å². The predicted molar refractivity (Wildman–Crippen MR) is 118 cm³/mol. The maximum Gasteiger partial charge on any atom is 0.337 e. The number of nitrogens with one attached hydrogen (secondary N) is 2. The Morgan fingerprint density at radius 2 is 1.70 bits per heavy atom. The topological polar surface area (TPSA) is 93.7 Å². The van der Waals surface area contributed by atoms with Crippen LogP contribution in [-0.4, -0.2) is 31.5 Å². The van der Waals surface area contributed by atoms with Gasteiger partial charge in [-0.2, -0.15) is 0 Å². The van der Waals surface area contributed by atoms with Crippen molar-refractivity contribution in [2.75, 3.05) is 13.7 Å². The number of benzene rings is 3. The van der Waals surface area contributed by atoms with Crippen LogP contribution in [0.3, 0.4) is 0 Å². The number of hydrogen-bond donors (Lipinski definition) is 2. The van der Waals surface area contributed by atoms with Crippen molar-refractivity contribution in [1.82, 2.24) is 10.9 Å². The van der Waals surface area contributed by atoms with E-state index < -0.39 is 17.8 Å². The number of carbonyl (C=O) groups is 3. The van der Waals surface area contributed by atoms with Gasteiger partial charge in [0.25, 0.3) is 11.8 Å². The summed E-state index contributed by atoms with van der Waals surface area (Å²) in [5.74, 6) is -1.19. The molecule has 7 nitrogen and oxygen atoms in total. The fourth-order valence-electron chi connectivity index (χ4n) is 2.64. The first-order valence-corrected chi connectivity index (χ1v) is 10.3. The van der Waals surface area contributed by atoms with Gasteiger partial charge in [-0.3, -0.25) is 20.4 Å². The lowest BCUT2D eigenvalue weighted by atomic mass is 10.1. The monoisotopic (exact) mass is 534 g/mol. The van der Waals surface area contributed by atoms with E-state index in [1.165, 1.54) is 25.3 Å². The van der Waals surface area contributed by atoms with E-state index in [2.05, 4.69) is 47.4 Å². The predicted octanol–water partition coefficient (Wildman–Crippen LogP) is 3.99. The van der Waals surface area contributed by atoms with E-state index in [1.807, 2.05) is 24.3 Å². The second kappa shape index (κ2) is 9.73. The molecular weight excluding hydrogens is 520 g/mol. The van der Waals surface area contributed by atoms with E-state index in [0.717, 1.165) is 19.7 Å². The Labute approximate surface area is 189 Å². The third-order valence-electron chi connectivity index (χ3n) is 4.10. The molecular formula is C21H16Br2N2O5. The van der Waals surface area contributed by atoms with Crippen molar-refractivity contribution in [3.05, 3.63) is 74.7 Å². The number of fused-ring (bicyclic) bond motifs is 1. The summed E-state index contributed by atoms with van der Waals surface area (Å²) in [6.07, 6.45) is 0. The second-order valence-electron chi connectivity index (χ2n) is 6.11. The van der Waals surface area contributed by atoms with Crippen molar-refractivity contribution < 1.29 is 23.9 Å². The maximum absolute atomic E-state index is 12.2. The summed E-state index contributed by atoms with van der Waals surface area (Å²) in [6.45, 7) is -0.302. The zero-order valence-corrected chi connectivity index (χ0v) is 18.9. The Hall–Kier alpha value is -2.91. The first kappa shape index (κ1) is 21.8. The third-order valence-corrected chi connectivity index (χ3v) is 5.41. The first-order valence-electron chi connectivity index (χ1n) is 8.67. The summed E-state index contributed by atoms with van der Waals surface area (Å²) in [5, 5.41) is 1.95. The average molecular weight is 536 g/mol. The second-order valence-corrected chi connectivity index (χ2v) is 7.82. The highest BCUT2D eigenvalue weighted by atomic mass is 79.9. The summed E-state index contributed by atoms with van der Waals surface area (Å²) in [5.41, 5.74) is 4.99. The summed E-state index contributed by atoms with van der Waals surface area (Å²) >= 11 is 6.92. The molecule has 0 atom stereocenters. The minimum absolute atomic E-state index is 0.197. The molecule has 0 aromatic heterocycles. The summed E-state index contributed by atoms with van der Waals surface area (Å²) in [4.78, 5) is 35.8. The van der Waals surface area contributed by atoms with Gasteiger partial charge in [-0.1, -0.05) is 34.1 Å². The lowest BCUT2D eigenvalue weighted by Crippen LogP contribution is -2.43. The summed E-state index contributed by atoms with van der Waals surface area (Å²) in [6, 6.07) is 15.4. The lowest BCUT2D eigenvalue weighted by Gasteiger charge is -2.11. The number of hydrazine groups is 1. The smallest absolute Gasteiger partial charge is 0.337 e. The van der Waals surface area contributed by atoms with Gasteiger partial charge in [0.15, 0.2) is 6.61 Å². The van der Waals surface area contributed by atoms with Crippen molar-refractivity contribution in [3.8, 4) is 5.75 Å². The number of halogens is 2. The first-order chi connectivity index (χ1) is 14.4. The highest BCUT2D eigenvalue weighted by molar-refractivity contribution is 9.11. The molecule has 0 bridgehead atoms. The fourth-order valence-corrected chi connectivity index (χ4v) is 3.62. The SMILES string of the molecule is COC(=O)c1cccc(C(=O)NNC(=O)COc2ccc3cc(Br)ccc3c2Br)c1. The molecule has 3 aromatic carbocycles. The molecule has 3 aromatic rings. The van der Waals surface area contributed by atoms with Gasteiger partial charge in [-0.05, 0) is 63.1 Å². The van der Waals surface area contributed by atoms with Gasteiger partial charge in [-0.15, -0.1) is 0 Å². The molecule has 0 fully saturated rings. The summed E-state index contributed by atoms with van der Waals surface area (Å²) in [7, 11) is 1.25. The molecule has 0 spiro atoms. The Morgan fingerprint density at radius 3 is 2.47 bits per heavy atom. The zero-order valence-electron chi connectivity index (χ0n) is 15.7. The van der Waals surface area contributed by atoms with E-state index in [4.69, 9.17) is 4.74 Å². The van der Waals surface area contributed by atoms with Gasteiger partial charge in [0, 0.05) is 10.0 Å². The minimum atomic E-state index is -0.577. The van der Waals surface area contributed by atoms with Gasteiger partial charge >= 0.3 is 5.97 Å². The van der Waals surface area contributed by atoms with Gasteiger partial charge in [0.05, 0.1) is 17.1 Å². The molecule has 0 radical (unpaired) electrons. The number of rotatable bonds is 5. The van der Waals surface area contributed by atoms with Gasteiger partial charge < -0.3 is 9.47 Å². The summed E-state index contributed by atoms with van der Waals surface area (Å²) < 4.78 is 11.9. The van der Waals surface area contributed by atoms with Gasteiger partial charge in [0.1, 0.15) is 5.75 Å². The number of ether oxygens (including phenoxy) is 2. The fraction of sp³-hybridized carbons (Fsp3) is 0.0952. The van der Waals surface area contributed by atoms with Crippen LogP contribution in [0.25, 0.3) is 10.8 Å². The molecule has 0 saturated carbocycles. The standard InChI is InChI=1S/C21H16Br2N2O5/c1-29-21(28)14-4-2-3-13(9-14)20(27)25-24-18(26)11-30-17-8-5-12-10-15(22)6-7-16(12)19(17)23/h2-10H,11H2,1H3,(H,24,26)(H,25,27). The number of amides is 2. The number of methoxy groups -OCH3 is 1. The number of hydrogen-bond acceptors (Lipinski definition) is 5. The molecule has 3 rings (SSSR count). The largest absolute Gasteiger partial charge is 0.483 e. The quantitative estimate of drug-likeness (QED) is 0.380. The van der Waals surface area contributed by atoms with E-state index in [-0.39, 0.29) is 17.7 Å². The van der Waals surface area contributed by atoms with Crippen molar-refractivity contribution in [3.63, 3.8) is 0 Å². The number of esters is 1. The van der Waals surface area contributed by atoms with Gasteiger partial charge in [-0.25, -0.2) is 4.79 Å². The van der Waals surface area contributed by atoms with Crippen molar-refractivity contribution in [1.29, 1.82) is 0 Å². The van der Waals surface area contributed by atoms with Crippen LogP contribution in [0, 0.1) is 0 Å². The Balaban J connectivity index is 1.57. The average Bonchev–Trinajstić information content (AvgIpc) is 2.76. The molecule has 9 heteroatoms. The van der Waals surface area contributed by atoms with Crippen LogP contribution in [0.1, 0.15) is 20.7 Å². The molecule has 0 unspecified atom stereocenters. The van der Waals surface area contributed by atoms with Crippen molar-refractivity contribution in [2.24, 2.45) is 0 Å². The molecule has 2 amide bonds. The Kier molecular flexibility index (Phi) is 7.07. The van der Waals surface area contributed by atoms with E-state index in [1.54, 1.807) is 12.1 Å². The van der Waals surface area contributed by atoms with E-state index in [9.17, 15) is 14.4 Å². The van der Waals surface area contributed by atoms with Crippen LogP contribution in [-0.2, 0) is 9.53 Å². The van der Waals surface area contributed by atoms with Crippen LogP contribution in [0.4, 0.5) is 0 Å². The zero-order chi connectivity index (χ0) is 21.7. The highest BCUT2D eigenvalue weighted by Crippen LogP contribution is 2.34. The molecule has 0 aliphatic carbocycles. The van der Waals surface area contributed by atoms with E-state index >= 15 is 0 Å². The lowest BCUT2D eigenvalue weighted by molar-refractivity contribution is -0.123.